The summed E-state index contributed by atoms with van der Waals surface area (Å²) in [7, 11) is 1.35. The van der Waals surface area contributed by atoms with Gasteiger partial charge in [-0.1, -0.05) is 18.2 Å². The minimum Gasteiger partial charge on any atom is -0.505 e. The van der Waals surface area contributed by atoms with Crippen molar-refractivity contribution in [3.63, 3.8) is 0 Å². The molecule has 1 saturated carbocycles. The maximum atomic E-state index is 13.5. The molecule has 34 heavy (non-hydrogen) atoms. The van der Waals surface area contributed by atoms with Gasteiger partial charge in [-0.3, -0.25) is 23.9 Å². The minimum absolute atomic E-state index is 0.0265. The average Bonchev–Trinajstić information content (AvgIpc) is 3.63. The molecule has 0 spiro atoms. The molecule has 1 fully saturated rings. The van der Waals surface area contributed by atoms with Crippen molar-refractivity contribution >= 4 is 22.8 Å². The van der Waals surface area contributed by atoms with Crippen LogP contribution in [0, 0.1) is 0 Å². The molecular formula is C24H25FN4O5. The Balaban J connectivity index is 1.69. The Hall–Kier alpha value is -3.69. The Bertz CT molecular complexity index is 1340. The summed E-state index contributed by atoms with van der Waals surface area (Å²) in [6, 6.07) is 0.0791. The van der Waals surface area contributed by atoms with E-state index >= 15 is 0 Å². The van der Waals surface area contributed by atoms with Crippen LogP contribution in [0.25, 0.3) is 11.0 Å². The number of amides is 2. The molecule has 3 heterocycles. The third-order valence-corrected chi connectivity index (χ3v) is 6.42. The number of carbonyl (C=O) groups is 2. The molecule has 2 aliphatic carbocycles. The highest BCUT2D eigenvalue weighted by atomic mass is 19.1. The quantitative estimate of drug-likeness (QED) is 0.614. The number of halogens is 1. The monoisotopic (exact) mass is 468 g/mol. The second-order valence-corrected chi connectivity index (χ2v) is 9.15. The number of nitrogens with one attached hydrogen (secondary N) is 2. The lowest BCUT2D eigenvalue weighted by molar-refractivity contribution is -0.137. The smallest absolute Gasteiger partial charge is 0.268 e. The molecule has 178 valence electrons. The number of ether oxygens (including phenoxy) is 1. The lowest BCUT2D eigenvalue weighted by Gasteiger charge is -2.36. The van der Waals surface area contributed by atoms with E-state index in [2.05, 4.69) is 15.6 Å². The van der Waals surface area contributed by atoms with Crippen LogP contribution in [-0.2, 0) is 17.8 Å². The molecule has 10 heteroatoms. The van der Waals surface area contributed by atoms with Crippen molar-refractivity contribution in [2.45, 2.75) is 57.0 Å². The van der Waals surface area contributed by atoms with Gasteiger partial charge in [0.2, 0.25) is 5.60 Å². The van der Waals surface area contributed by atoms with E-state index in [0.29, 0.717) is 12.0 Å². The van der Waals surface area contributed by atoms with Crippen molar-refractivity contribution in [2.75, 3.05) is 7.05 Å². The van der Waals surface area contributed by atoms with Gasteiger partial charge in [0, 0.05) is 37.7 Å². The fourth-order valence-electron chi connectivity index (χ4n) is 4.35. The Morgan fingerprint density at radius 3 is 2.79 bits per heavy atom. The second kappa shape index (κ2) is 7.96. The number of hydrogen-bond donors (Lipinski definition) is 3. The summed E-state index contributed by atoms with van der Waals surface area (Å²) >= 11 is 0. The Morgan fingerprint density at radius 2 is 2.15 bits per heavy atom. The number of nitrogens with zero attached hydrogens (tertiary/aromatic N) is 2. The lowest BCUT2D eigenvalue weighted by atomic mass is 9.96. The maximum Gasteiger partial charge on any atom is 0.268 e. The summed E-state index contributed by atoms with van der Waals surface area (Å²) in [5.74, 6) is -1.43. The first kappa shape index (κ1) is 22.1. The van der Waals surface area contributed by atoms with Crippen LogP contribution in [0.3, 0.4) is 0 Å². The van der Waals surface area contributed by atoms with Crippen LogP contribution in [0.2, 0.25) is 0 Å². The predicted molar refractivity (Wildman–Crippen MR) is 122 cm³/mol. The summed E-state index contributed by atoms with van der Waals surface area (Å²) in [4.78, 5) is 43.2. The third-order valence-electron chi connectivity index (χ3n) is 6.42. The van der Waals surface area contributed by atoms with E-state index in [1.54, 1.807) is 19.1 Å². The van der Waals surface area contributed by atoms with Gasteiger partial charge in [-0.25, -0.2) is 4.39 Å². The molecule has 2 aromatic heterocycles. The molecule has 2 aromatic rings. The summed E-state index contributed by atoms with van der Waals surface area (Å²) in [6.07, 6.45) is 7.74. The number of aromatic hydroxyl groups is 1. The predicted octanol–water partition coefficient (Wildman–Crippen LogP) is 1.66. The van der Waals surface area contributed by atoms with E-state index in [-0.39, 0.29) is 41.7 Å². The van der Waals surface area contributed by atoms with E-state index < -0.39 is 34.6 Å². The normalized spacial score (nSPS) is 23.3. The molecule has 1 unspecified atom stereocenters. The topological polar surface area (TPSA) is 123 Å². The zero-order valence-electron chi connectivity index (χ0n) is 18.9. The van der Waals surface area contributed by atoms with Crippen molar-refractivity contribution in [2.24, 2.45) is 0 Å². The Labute approximate surface area is 194 Å². The number of pyridine rings is 2. The van der Waals surface area contributed by atoms with Gasteiger partial charge in [-0.15, -0.1) is 0 Å². The van der Waals surface area contributed by atoms with Gasteiger partial charge >= 0.3 is 0 Å². The van der Waals surface area contributed by atoms with Crippen LogP contribution in [0.1, 0.15) is 42.1 Å². The molecule has 0 bridgehead atoms. The van der Waals surface area contributed by atoms with Gasteiger partial charge in [-0.05, 0) is 25.3 Å². The standard InChI is InChI=1S/C24H25FN4O5/c1-24(23(33)28-15-7-8-15)11-29-18-17(19(30)16(22(29)32)21(31)26-2)27-10-13(20(18)34-24)9-12-3-5-14(25)6-4-12/h3-5,10,14-15,30H,6-9,11H2,1-2H3,(H,26,31)(H,28,33)/t14?,24-/m1/s1. The number of aromatic nitrogens is 2. The van der Waals surface area contributed by atoms with E-state index in [1.807, 2.05) is 0 Å². The van der Waals surface area contributed by atoms with Crippen molar-refractivity contribution in [1.82, 2.24) is 20.2 Å². The van der Waals surface area contributed by atoms with Gasteiger partial charge in [-0.2, -0.15) is 0 Å². The zero-order chi connectivity index (χ0) is 24.2. The van der Waals surface area contributed by atoms with Gasteiger partial charge in [0.1, 0.15) is 22.8 Å². The number of allylic oxidation sites excluding steroid dienone is 4. The van der Waals surface area contributed by atoms with E-state index in [9.17, 15) is 23.9 Å². The molecule has 2 amide bonds. The van der Waals surface area contributed by atoms with E-state index in [1.165, 1.54) is 23.9 Å². The lowest BCUT2D eigenvalue weighted by Crippen LogP contribution is -2.55. The van der Waals surface area contributed by atoms with Crippen LogP contribution in [0.5, 0.6) is 11.5 Å². The first-order chi connectivity index (χ1) is 16.2. The first-order valence-electron chi connectivity index (χ1n) is 11.2. The average molecular weight is 468 g/mol. The van der Waals surface area contributed by atoms with Crippen molar-refractivity contribution in [3.05, 3.63) is 51.5 Å². The SMILES string of the molecule is CNC(=O)c1c(O)c2ncc(CC3=CCC(F)C=C3)c3c2n(c1=O)C[C@](C)(C(=O)NC1CC1)O3. The van der Waals surface area contributed by atoms with Crippen LogP contribution < -0.4 is 20.9 Å². The fraction of sp³-hybridized carbons (Fsp3) is 0.417. The number of carbonyl (C=O) groups excluding carboxylic acids is 2. The molecule has 3 N–H and O–H groups in total. The van der Waals surface area contributed by atoms with Gasteiger partial charge in [0.05, 0.1) is 6.54 Å². The second-order valence-electron chi connectivity index (χ2n) is 9.15. The van der Waals surface area contributed by atoms with Crippen LogP contribution in [0.4, 0.5) is 4.39 Å². The van der Waals surface area contributed by atoms with Gasteiger partial charge in [0.25, 0.3) is 17.4 Å². The maximum absolute atomic E-state index is 13.5. The summed E-state index contributed by atoms with van der Waals surface area (Å²) in [5.41, 5.74) is -0.960. The highest BCUT2D eigenvalue weighted by Gasteiger charge is 2.44. The van der Waals surface area contributed by atoms with Crippen molar-refractivity contribution < 1.29 is 23.8 Å². The van der Waals surface area contributed by atoms with Gasteiger partial charge < -0.3 is 20.5 Å². The van der Waals surface area contributed by atoms with E-state index in [0.717, 1.165) is 18.4 Å². The molecule has 0 radical (unpaired) electrons. The highest BCUT2D eigenvalue weighted by Crippen LogP contribution is 2.40. The summed E-state index contributed by atoms with van der Waals surface area (Å²) in [5, 5.41) is 16.1. The van der Waals surface area contributed by atoms with Gasteiger partial charge in [0.15, 0.2) is 11.5 Å². The molecule has 9 nitrogen and oxygen atoms in total. The van der Waals surface area contributed by atoms with Crippen LogP contribution in [-0.4, -0.2) is 51.3 Å². The minimum atomic E-state index is -1.43. The molecule has 5 rings (SSSR count). The Morgan fingerprint density at radius 1 is 1.38 bits per heavy atom. The van der Waals surface area contributed by atoms with Crippen LogP contribution in [0.15, 0.2) is 34.8 Å². The molecule has 1 aliphatic heterocycles. The summed E-state index contributed by atoms with van der Waals surface area (Å²) < 4.78 is 21.1. The fourth-order valence-corrected chi connectivity index (χ4v) is 4.35. The Kier molecular flexibility index (Phi) is 5.18. The molecule has 2 atom stereocenters. The molecule has 3 aliphatic rings. The highest BCUT2D eigenvalue weighted by molar-refractivity contribution is 6.02. The van der Waals surface area contributed by atoms with E-state index in [4.69, 9.17) is 4.74 Å². The van der Waals surface area contributed by atoms with Crippen LogP contribution >= 0.6 is 0 Å². The van der Waals surface area contributed by atoms with Crippen molar-refractivity contribution in [3.8, 4) is 11.5 Å². The molecular weight excluding hydrogens is 443 g/mol. The number of rotatable bonds is 5. The zero-order valence-corrected chi connectivity index (χ0v) is 18.9. The third kappa shape index (κ3) is 3.63. The van der Waals surface area contributed by atoms with Crippen molar-refractivity contribution in [1.29, 1.82) is 0 Å². The summed E-state index contributed by atoms with van der Waals surface area (Å²) in [6.45, 7) is 1.44. The number of alkyl halides is 1. The molecule has 0 aromatic carbocycles. The largest absolute Gasteiger partial charge is 0.505 e. The molecule has 0 saturated heterocycles. The first-order valence-corrected chi connectivity index (χ1v) is 11.2. The number of hydrogen-bond acceptors (Lipinski definition) is 6.